The van der Waals surface area contributed by atoms with Crippen LogP contribution >= 0.6 is 0 Å². The highest BCUT2D eigenvalue weighted by molar-refractivity contribution is 5.75. The molecule has 9 heteroatoms. The van der Waals surface area contributed by atoms with E-state index in [2.05, 4.69) is 15.6 Å². The minimum absolute atomic E-state index is 0.323. The standard InChI is InChI=1S/C14H17N3O6/c1-7(13(18)19)11-3-9(22-16-11)5-15-6-10-4-12(17-23-10)8(2)14(20)21/h3-4,7-8,15H,5-6H2,1-2H3,(H,18,19)(H,20,21). The van der Waals surface area contributed by atoms with Gasteiger partial charge in [0.05, 0.1) is 36.3 Å². The molecular formula is C14H17N3O6. The van der Waals surface area contributed by atoms with Crippen LogP contribution in [0.4, 0.5) is 0 Å². The lowest BCUT2D eigenvalue weighted by Gasteiger charge is -1.99. The molecule has 2 unspecified atom stereocenters. The van der Waals surface area contributed by atoms with Crippen LogP contribution in [-0.4, -0.2) is 32.5 Å². The second-order valence-electron chi connectivity index (χ2n) is 5.16. The smallest absolute Gasteiger partial charge is 0.312 e. The fraction of sp³-hybridized carbons (Fsp3) is 0.429. The first-order valence-electron chi connectivity index (χ1n) is 6.95. The van der Waals surface area contributed by atoms with Crippen LogP contribution in [0.2, 0.25) is 0 Å². The average Bonchev–Trinajstić information content (AvgIpc) is 3.15. The third-order valence-electron chi connectivity index (χ3n) is 3.38. The van der Waals surface area contributed by atoms with E-state index in [0.29, 0.717) is 36.0 Å². The van der Waals surface area contributed by atoms with E-state index in [1.165, 1.54) is 13.8 Å². The molecule has 23 heavy (non-hydrogen) atoms. The molecule has 2 atom stereocenters. The van der Waals surface area contributed by atoms with Crippen molar-refractivity contribution in [3.8, 4) is 0 Å². The van der Waals surface area contributed by atoms with Crippen molar-refractivity contribution in [1.29, 1.82) is 0 Å². The van der Waals surface area contributed by atoms with Gasteiger partial charge in [0.15, 0.2) is 11.5 Å². The van der Waals surface area contributed by atoms with Crippen LogP contribution in [0.3, 0.4) is 0 Å². The Bertz CT molecular complexity index is 634. The SMILES string of the molecule is CC(C(=O)O)c1cc(CNCc2cc(C(C)C(=O)O)no2)on1. The molecule has 2 aromatic rings. The fourth-order valence-electron chi connectivity index (χ4n) is 1.79. The molecule has 0 saturated heterocycles. The molecule has 0 amide bonds. The van der Waals surface area contributed by atoms with Gasteiger partial charge in [0.25, 0.3) is 0 Å². The van der Waals surface area contributed by atoms with Crippen LogP contribution in [0.1, 0.15) is 48.6 Å². The summed E-state index contributed by atoms with van der Waals surface area (Å²) in [6.45, 7) is 3.70. The lowest BCUT2D eigenvalue weighted by molar-refractivity contribution is -0.139. The van der Waals surface area contributed by atoms with Gasteiger partial charge in [-0.25, -0.2) is 0 Å². The Morgan fingerprint density at radius 1 is 1.00 bits per heavy atom. The lowest BCUT2D eigenvalue weighted by atomic mass is 10.1. The van der Waals surface area contributed by atoms with E-state index in [1.54, 1.807) is 12.1 Å². The number of nitrogens with zero attached hydrogens (tertiary/aromatic N) is 2. The zero-order chi connectivity index (χ0) is 17.0. The zero-order valence-corrected chi connectivity index (χ0v) is 12.6. The highest BCUT2D eigenvalue weighted by Crippen LogP contribution is 2.17. The molecule has 3 N–H and O–H groups in total. The molecule has 9 nitrogen and oxygen atoms in total. The summed E-state index contributed by atoms with van der Waals surface area (Å²) in [6.07, 6.45) is 0. The highest BCUT2D eigenvalue weighted by atomic mass is 16.5. The molecule has 0 spiro atoms. The van der Waals surface area contributed by atoms with Crippen molar-refractivity contribution in [3.05, 3.63) is 35.0 Å². The van der Waals surface area contributed by atoms with Crippen LogP contribution < -0.4 is 5.32 Å². The molecule has 0 aliphatic carbocycles. The Hall–Kier alpha value is -2.68. The van der Waals surface area contributed by atoms with Crippen molar-refractivity contribution in [2.45, 2.75) is 38.8 Å². The molecule has 0 aliphatic rings. The first-order chi connectivity index (χ1) is 10.9. The summed E-state index contributed by atoms with van der Waals surface area (Å²) in [5, 5.41) is 28.2. The Morgan fingerprint density at radius 2 is 1.39 bits per heavy atom. The number of aliphatic carboxylic acids is 2. The second-order valence-corrected chi connectivity index (χ2v) is 5.16. The Labute approximate surface area is 131 Å². The maximum absolute atomic E-state index is 10.9. The topological polar surface area (TPSA) is 139 Å². The number of carboxylic acids is 2. The van der Waals surface area contributed by atoms with E-state index in [9.17, 15) is 9.59 Å². The monoisotopic (exact) mass is 323 g/mol. The van der Waals surface area contributed by atoms with Gasteiger partial charge in [-0.15, -0.1) is 0 Å². The summed E-state index contributed by atoms with van der Waals surface area (Å²) in [5.74, 6) is -2.43. The number of carboxylic acid groups (broad SMARTS) is 2. The van der Waals surface area contributed by atoms with Gasteiger partial charge >= 0.3 is 11.9 Å². The Kier molecular flexibility index (Phi) is 5.12. The van der Waals surface area contributed by atoms with Crippen LogP contribution in [0.15, 0.2) is 21.2 Å². The number of nitrogens with one attached hydrogen (secondary N) is 1. The van der Waals surface area contributed by atoms with Crippen molar-refractivity contribution in [2.75, 3.05) is 0 Å². The molecule has 0 aromatic carbocycles. The summed E-state index contributed by atoms with van der Waals surface area (Å²) >= 11 is 0. The quantitative estimate of drug-likeness (QED) is 0.656. The average molecular weight is 323 g/mol. The summed E-state index contributed by atoms with van der Waals surface area (Å²) < 4.78 is 10.1. The van der Waals surface area contributed by atoms with Gasteiger partial charge in [0, 0.05) is 12.1 Å². The fourth-order valence-corrected chi connectivity index (χ4v) is 1.79. The van der Waals surface area contributed by atoms with Gasteiger partial charge < -0.3 is 24.6 Å². The maximum Gasteiger partial charge on any atom is 0.312 e. The number of aromatic nitrogens is 2. The van der Waals surface area contributed by atoms with E-state index in [0.717, 1.165) is 0 Å². The minimum atomic E-state index is -0.973. The van der Waals surface area contributed by atoms with Crippen molar-refractivity contribution in [3.63, 3.8) is 0 Å². The van der Waals surface area contributed by atoms with E-state index >= 15 is 0 Å². The van der Waals surface area contributed by atoms with Crippen LogP contribution in [0, 0.1) is 0 Å². The van der Waals surface area contributed by atoms with Crippen molar-refractivity contribution in [1.82, 2.24) is 15.6 Å². The molecule has 0 bridgehead atoms. The first-order valence-corrected chi connectivity index (χ1v) is 6.95. The third-order valence-corrected chi connectivity index (χ3v) is 3.38. The molecule has 2 rings (SSSR count). The van der Waals surface area contributed by atoms with Gasteiger partial charge in [-0.3, -0.25) is 9.59 Å². The largest absolute Gasteiger partial charge is 0.481 e. The van der Waals surface area contributed by atoms with Crippen LogP contribution in [-0.2, 0) is 22.7 Å². The zero-order valence-electron chi connectivity index (χ0n) is 12.6. The van der Waals surface area contributed by atoms with Gasteiger partial charge in [-0.05, 0) is 13.8 Å². The van der Waals surface area contributed by atoms with Gasteiger partial charge in [-0.2, -0.15) is 0 Å². The molecule has 124 valence electrons. The van der Waals surface area contributed by atoms with Crippen molar-refractivity contribution >= 4 is 11.9 Å². The maximum atomic E-state index is 10.9. The van der Waals surface area contributed by atoms with E-state index < -0.39 is 23.8 Å². The van der Waals surface area contributed by atoms with E-state index in [1.807, 2.05) is 0 Å². The summed E-state index contributed by atoms with van der Waals surface area (Å²) in [7, 11) is 0. The number of rotatable bonds is 8. The van der Waals surface area contributed by atoms with Crippen LogP contribution in [0.25, 0.3) is 0 Å². The lowest BCUT2D eigenvalue weighted by Crippen LogP contribution is -2.12. The first kappa shape index (κ1) is 16.7. The van der Waals surface area contributed by atoms with Gasteiger partial charge in [0.1, 0.15) is 0 Å². The number of hydrogen-bond donors (Lipinski definition) is 3. The second kappa shape index (κ2) is 7.05. The van der Waals surface area contributed by atoms with Crippen molar-refractivity contribution in [2.24, 2.45) is 0 Å². The molecule has 0 fully saturated rings. The van der Waals surface area contributed by atoms with Crippen molar-refractivity contribution < 1.29 is 28.8 Å². The van der Waals surface area contributed by atoms with Gasteiger partial charge in [-0.1, -0.05) is 10.3 Å². The molecular weight excluding hydrogens is 306 g/mol. The summed E-state index contributed by atoms with van der Waals surface area (Å²) in [5.41, 5.74) is 0.707. The molecule has 0 radical (unpaired) electrons. The predicted molar refractivity (Wildman–Crippen MR) is 75.7 cm³/mol. The summed E-state index contributed by atoms with van der Waals surface area (Å²) in [4.78, 5) is 21.7. The third kappa shape index (κ3) is 4.16. The predicted octanol–water partition coefficient (Wildman–Crippen LogP) is 1.33. The van der Waals surface area contributed by atoms with E-state index in [4.69, 9.17) is 19.3 Å². The molecule has 0 saturated carbocycles. The Morgan fingerprint density at radius 3 is 1.74 bits per heavy atom. The Balaban J connectivity index is 1.86. The normalized spacial score (nSPS) is 13.7. The van der Waals surface area contributed by atoms with Crippen LogP contribution in [0.5, 0.6) is 0 Å². The molecule has 2 aromatic heterocycles. The summed E-state index contributed by atoms with van der Waals surface area (Å²) in [6, 6.07) is 3.15. The number of carbonyl (C=O) groups is 2. The minimum Gasteiger partial charge on any atom is -0.481 e. The molecule has 2 heterocycles. The highest BCUT2D eigenvalue weighted by Gasteiger charge is 2.19. The molecule has 0 aliphatic heterocycles. The van der Waals surface area contributed by atoms with E-state index in [-0.39, 0.29) is 0 Å². The number of hydrogen-bond acceptors (Lipinski definition) is 7. The van der Waals surface area contributed by atoms with Gasteiger partial charge in [0.2, 0.25) is 0 Å².